The largest absolute Gasteiger partial charge is 0.451 e. The van der Waals surface area contributed by atoms with Gasteiger partial charge in [0.25, 0.3) is 0 Å². The summed E-state index contributed by atoms with van der Waals surface area (Å²) in [5, 5.41) is 0. The molecule has 0 bridgehead atoms. The van der Waals surface area contributed by atoms with E-state index in [4.69, 9.17) is 9.47 Å². The molecular formula is C22H26BrFN4O3. The molecule has 1 unspecified atom stereocenters. The summed E-state index contributed by atoms with van der Waals surface area (Å²) in [7, 11) is 0. The SMILES string of the molecule is CC(C)(C)OC(=O)N1CCC2(CCN(c3ncncc3Oc3ccc(F)cc3Br)C2)C1. The number of benzene rings is 1. The van der Waals surface area contributed by atoms with Crippen LogP contribution in [0.2, 0.25) is 0 Å². The fourth-order valence-electron chi connectivity index (χ4n) is 4.16. The minimum atomic E-state index is -0.504. The summed E-state index contributed by atoms with van der Waals surface area (Å²) in [4.78, 5) is 25.0. The third-order valence-corrected chi connectivity index (χ3v) is 6.22. The maximum atomic E-state index is 13.4. The van der Waals surface area contributed by atoms with E-state index in [0.717, 1.165) is 25.9 Å². The summed E-state index contributed by atoms with van der Waals surface area (Å²) in [6, 6.07) is 4.27. The van der Waals surface area contributed by atoms with Crippen LogP contribution in [0, 0.1) is 11.2 Å². The lowest BCUT2D eigenvalue weighted by atomic mass is 9.86. The molecule has 9 heteroatoms. The van der Waals surface area contributed by atoms with Crippen LogP contribution >= 0.6 is 15.9 Å². The molecule has 0 saturated carbocycles. The molecule has 1 aromatic heterocycles. The molecule has 1 atom stereocenters. The Hall–Kier alpha value is -2.42. The molecule has 166 valence electrons. The van der Waals surface area contributed by atoms with Crippen LogP contribution in [0.25, 0.3) is 0 Å². The van der Waals surface area contributed by atoms with Crippen molar-refractivity contribution in [1.82, 2.24) is 14.9 Å². The average molecular weight is 493 g/mol. The first-order chi connectivity index (χ1) is 14.6. The quantitative estimate of drug-likeness (QED) is 0.599. The first-order valence-electron chi connectivity index (χ1n) is 10.3. The zero-order chi connectivity index (χ0) is 22.2. The fourth-order valence-corrected chi connectivity index (χ4v) is 4.59. The highest BCUT2D eigenvalue weighted by Gasteiger charge is 2.46. The Kier molecular flexibility index (Phi) is 5.81. The van der Waals surface area contributed by atoms with Crippen LogP contribution in [-0.4, -0.2) is 52.7 Å². The van der Waals surface area contributed by atoms with Gasteiger partial charge in [0.1, 0.15) is 23.5 Å². The summed E-state index contributed by atoms with van der Waals surface area (Å²) in [5.74, 6) is 1.34. The molecule has 1 aromatic carbocycles. The van der Waals surface area contributed by atoms with Gasteiger partial charge in [0, 0.05) is 31.6 Å². The fraction of sp³-hybridized carbons (Fsp3) is 0.500. The molecule has 0 N–H and O–H groups in total. The van der Waals surface area contributed by atoms with Gasteiger partial charge < -0.3 is 19.3 Å². The second-order valence-corrected chi connectivity index (χ2v) is 10.1. The second kappa shape index (κ2) is 8.26. The highest BCUT2D eigenvalue weighted by Crippen LogP contribution is 2.43. The van der Waals surface area contributed by atoms with Gasteiger partial charge in [-0.1, -0.05) is 0 Å². The standard InChI is InChI=1S/C22H26BrFN4O3/c1-21(2,3)31-20(29)28-9-7-22(13-28)6-8-27(12-22)19-18(11-25-14-26-19)30-17-5-4-15(24)10-16(17)23/h4-5,10-11,14H,6-9,12-13H2,1-3H3. The monoisotopic (exact) mass is 492 g/mol. The molecule has 2 saturated heterocycles. The van der Waals surface area contributed by atoms with E-state index in [1.807, 2.05) is 25.7 Å². The van der Waals surface area contributed by atoms with Crippen molar-refractivity contribution in [3.05, 3.63) is 41.0 Å². The van der Waals surface area contributed by atoms with E-state index in [1.54, 1.807) is 12.3 Å². The van der Waals surface area contributed by atoms with Crippen LogP contribution in [0.1, 0.15) is 33.6 Å². The van der Waals surface area contributed by atoms with Gasteiger partial charge in [-0.15, -0.1) is 0 Å². The number of ether oxygens (including phenoxy) is 2. The number of rotatable bonds is 3. The van der Waals surface area contributed by atoms with Crippen LogP contribution in [0.4, 0.5) is 15.0 Å². The van der Waals surface area contributed by atoms with Crippen molar-refractivity contribution in [3.63, 3.8) is 0 Å². The van der Waals surface area contributed by atoms with E-state index < -0.39 is 5.60 Å². The van der Waals surface area contributed by atoms with Gasteiger partial charge in [-0.2, -0.15) is 0 Å². The maximum absolute atomic E-state index is 13.4. The van der Waals surface area contributed by atoms with Gasteiger partial charge in [0.2, 0.25) is 0 Å². The molecule has 2 fully saturated rings. The van der Waals surface area contributed by atoms with Gasteiger partial charge in [0.15, 0.2) is 11.6 Å². The Balaban J connectivity index is 1.47. The van der Waals surface area contributed by atoms with E-state index in [-0.39, 0.29) is 17.3 Å². The summed E-state index contributed by atoms with van der Waals surface area (Å²) in [6.07, 6.45) is 4.73. The number of likely N-dealkylation sites (tertiary alicyclic amines) is 1. The topological polar surface area (TPSA) is 67.8 Å². The van der Waals surface area contributed by atoms with Gasteiger partial charge in [-0.3, -0.25) is 0 Å². The van der Waals surface area contributed by atoms with Gasteiger partial charge >= 0.3 is 6.09 Å². The van der Waals surface area contributed by atoms with Crippen LogP contribution in [0.3, 0.4) is 0 Å². The number of aromatic nitrogens is 2. The van der Waals surface area contributed by atoms with Gasteiger partial charge in [-0.25, -0.2) is 19.2 Å². The Labute approximate surface area is 189 Å². The van der Waals surface area contributed by atoms with E-state index in [0.29, 0.717) is 34.9 Å². The number of hydrogen-bond acceptors (Lipinski definition) is 6. The molecular weight excluding hydrogens is 467 g/mol. The number of amides is 1. The second-order valence-electron chi connectivity index (χ2n) is 9.21. The molecule has 2 aliphatic rings. The first-order valence-corrected chi connectivity index (χ1v) is 11.1. The molecule has 7 nitrogen and oxygen atoms in total. The first kappa shape index (κ1) is 21.8. The van der Waals surface area contributed by atoms with Crippen LogP contribution in [0.5, 0.6) is 11.5 Å². The van der Waals surface area contributed by atoms with E-state index in [1.165, 1.54) is 18.5 Å². The summed E-state index contributed by atoms with van der Waals surface area (Å²) in [6.45, 7) is 8.57. The zero-order valence-corrected chi connectivity index (χ0v) is 19.5. The maximum Gasteiger partial charge on any atom is 0.410 e. The number of anilines is 1. The molecule has 31 heavy (non-hydrogen) atoms. The van der Waals surface area contributed by atoms with E-state index in [2.05, 4.69) is 30.8 Å². The molecule has 0 radical (unpaired) electrons. The van der Waals surface area contributed by atoms with Crippen molar-refractivity contribution in [2.75, 3.05) is 31.1 Å². The van der Waals surface area contributed by atoms with E-state index in [9.17, 15) is 9.18 Å². The minimum Gasteiger partial charge on any atom is -0.451 e. The average Bonchev–Trinajstić information content (AvgIpc) is 3.30. The normalized spacial score (nSPS) is 21.1. The molecule has 1 amide bonds. The lowest BCUT2D eigenvalue weighted by Crippen LogP contribution is -2.37. The summed E-state index contributed by atoms with van der Waals surface area (Å²) in [5.41, 5.74) is -0.494. The summed E-state index contributed by atoms with van der Waals surface area (Å²) >= 11 is 3.33. The number of carbonyl (C=O) groups is 1. The number of carbonyl (C=O) groups excluding carboxylic acids is 1. The van der Waals surface area contributed by atoms with Gasteiger partial charge in [-0.05, 0) is 67.7 Å². The van der Waals surface area contributed by atoms with Crippen molar-refractivity contribution < 1.29 is 18.7 Å². The van der Waals surface area contributed by atoms with Crippen molar-refractivity contribution in [2.45, 2.75) is 39.2 Å². The van der Waals surface area contributed by atoms with Crippen LogP contribution < -0.4 is 9.64 Å². The van der Waals surface area contributed by atoms with Crippen LogP contribution in [-0.2, 0) is 4.74 Å². The third-order valence-electron chi connectivity index (χ3n) is 5.60. The van der Waals surface area contributed by atoms with Crippen molar-refractivity contribution >= 4 is 27.8 Å². The highest BCUT2D eigenvalue weighted by molar-refractivity contribution is 9.10. The number of hydrogen-bond donors (Lipinski definition) is 0. The Morgan fingerprint density at radius 1 is 1.19 bits per heavy atom. The predicted octanol–water partition coefficient (Wildman–Crippen LogP) is 5.01. The lowest BCUT2D eigenvalue weighted by Gasteiger charge is -2.27. The molecule has 1 spiro atoms. The lowest BCUT2D eigenvalue weighted by molar-refractivity contribution is 0.0276. The molecule has 4 rings (SSSR count). The van der Waals surface area contributed by atoms with E-state index >= 15 is 0 Å². The molecule has 2 aromatic rings. The number of halogens is 2. The van der Waals surface area contributed by atoms with Crippen molar-refractivity contribution in [2.24, 2.45) is 5.41 Å². The predicted molar refractivity (Wildman–Crippen MR) is 118 cm³/mol. The van der Waals surface area contributed by atoms with Crippen molar-refractivity contribution in [1.29, 1.82) is 0 Å². The molecule has 3 heterocycles. The molecule has 0 aliphatic carbocycles. The number of nitrogens with zero attached hydrogens (tertiary/aromatic N) is 4. The Morgan fingerprint density at radius 3 is 2.71 bits per heavy atom. The van der Waals surface area contributed by atoms with Gasteiger partial charge in [0.05, 0.1) is 10.7 Å². The summed E-state index contributed by atoms with van der Waals surface area (Å²) < 4.78 is 25.5. The minimum absolute atomic E-state index is 0.00951. The van der Waals surface area contributed by atoms with Crippen molar-refractivity contribution in [3.8, 4) is 11.5 Å². The third kappa shape index (κ3) is 4.92. The Morgan fingerprint density at radius 2 is 1.97 bits per heavy atom. The Bertz CT molecular complexity index is 983. The zero-order valence-electron chi connectivity index (χ0n) is 17.9. The smallest absolute Gasteiger partial charge is 0.410 e. The highest BCUT2D eigenvalue weighted by atomic mass is 79.9. The van der Waals surface area contributed by atoms with Crippen LogP contribution in [0.15, 0.2) is 35.2 Å². The molecule has 2 aliphatic heterocycles.